The number of thiophene rings is 1. The third-order valence-corrected chi connectivity index (χ3v) is 4.70. The van der Waals surface area contributed by atoms with Crippen molar-refractivity contribution in [2.75, 3.05) is 26.2 Å². The molecule has 0 aromatic carbocycles. The van der Waals surface area contributed by atoms with Crippen molar-refractivity contribution in [1.82, 2.24) is 16.0 Å². The van der Waals surface area contributed by atoms with Gasteiger partial charge in [0.1, 0.15) is 5.60 Å². The van der Waals surface area contributed by atoms with Crippen molar-refractivity contribution in [3.63, 3.8) is 0 Å². The summed E-state index contributed by atoms with van der Waals surface area (Å²) in [7, 11) is 0. The summed E-state index contributed by atoms with van der Waals surface area (Å²) < 4.78 is 0. The van der Waals surface area contributed by atoms with E-state index < -0.39 is 11.0 Å². The summed E-state index contributed by atoms with van der Waals surface area (Å²) in [6, 6.07) is 3.83. The molecular weight excluding hydrogens is 451 g/mol. The van der Waals surface area contributed by atoms with Crippen LogP contribution in [0.15, 0.2) is 22.5 Å². The Bertz CT molecular complexity index is 545. The molecule has 0 saturated carbocycles. The van der Waals surface area contributed by atoms with Crippen molar-refractivity contribution < 1.29 is 9.90 Å². The Morgan fingerprint density at radius 2 is 1.84 bits per heavy atom. The van der Waals surface area contributed by atoms with Crippen LogP contribution in [0.3, 0.4) is 0 Å². The number of aliphatic imine (C=N–C) groups is 1. The molecular formula is C17H31IN4O2S. The summed E-state index contributed by atoms with van der Waals surface area (Å²) >= 11 is 1.52. The molecule has 1 amide bonds. The summed E-state index contributed by atoms with van der Waals surface area (Å²) in [5.41, 5.74) is -1.56. The van der Waals surface area contributed by atoms with E-state index in [0.29, 0.717) is 32.1 Å². The summed E-state index contributed by atoms with van der Waals surface area (Å²) in [6.07, 6.45) is 0. The molecule has 0 aliphatic rings. The topological polar surface area (TPSA) is 85.8 Å². The molecule has 0 bridgehead atoms. The number of rotatable bonds is 8. The van der Waals surface area contributed by atoms with Gasteiger partial charge >= 0.3 is 0 Å². The van der Waals surface area contributed by atoms with E-state index in [2.05, 4.69) is 20.9 Å². The van der Waals surface area contributed by atoms with Gasteiger partial charge in [-0.2, -0.15) is 0 Å². The molecule has 1 heterocycles. The van der Waals surface area contributed by atoms with Crippen molar-refractivity contribution in [3.8, 4) is 0 Å². The molecule has 144 valence electrons. The maximum atomic E-state index is 12.0. The first kappa shape index (κ1) is 24.1. The van der Waals surface area contributed by atoms with Crippen molar-refractivity contribution in [3.05, 3.63) is 22.4 Å². The number of guanidine groups is 1. The van der Waals surface area contributed by atoms with Crippen LogP contribution in [0.4, 0.5) is 0 Å². The average Bonchev–Trinajstić information content (AvgIpc) is 3.05. The number of aliphatic hydroxyl groups is 1. The lowest BCUT2D eigenvalue weighted by atomic mass is 9.92. The second-order valence-corrected chi connectivity index (χ2v) is 7.49. The van der Waals surface area contributed by atoms with E-state index in [1.165, 1.54) is 11.3 Å². The molecule has 0 saturated heterocycles. The van der Waals surface area contributed by atoms with E-state index in [9.17, 15) is 9.90 Å². The van der Waals surface area contributed by atoms with Gasteiger partial charge in [0.05, 0.1) is 18.5 Å². The number of carbonyl (C=O) groups is 1. The second-order valence-electron chi connectivity index (χ2n) is 6.54. The molecule has 1 atom stereocenters. The standard InChI is InChI=1S/C17H30N4O2S.HI/c1-6-18-14(22)16(3,4)11-20-15(19-7-2)21-12-17(5,23)13-9-8-10-24-13;/h8-10,23H,6-7,11-12H2,1-5H3,(H,18,22)(H2,19,20,21);1H. The highest BCUT2D eigenvalue weighted by Gasteiger charge is 2.27. The van der Waals surface area contributed by atoms with Gasteiger partial charge in [-0.25, -0.2) is 0 Å². The molecule has 0 fully saturated rings. The van der Waals surface area contributed by atoms with E-state index in [1.54, 1.807) is 6.92 Å². The van der Waals surface area contributed by atoms with Crippen LogP contribution in [0.1, 0.15) is 39.5 Å². The van der Waals surface area contributed by atoms with E-state index in [-0.39, 0.29) is 29.9 Å². The fraction of sp³-hybridized carbons (Fsp3) is 0.647. The Labute approximate surface area is 171 Å². The minimum atomic E-state index is -0.973. The van der Waals surface area contributed by atoms with Crippen LogP contribution >= 0.6 is 35.3 Å². The van der Waals surface area contributed by atoms with Gasteiger partial charge in [0.2, 0.25) is 5.91 Å². The van der Waals surface area contributed by atoms with Gasteiger partial charge in [-0.05, 0) is 46.1 Å². The van der Waals surface area contributed by atoms with Crippen molar-refractivity contribution in [2.45, 2.75) is 40.2 Å². The molecule has 6 nitrogen and oxygen atoms in total. The Hall–Kier alpha value is -0.870. The van der Waals surface area contributed by atoms with E-state index >= 15 is 0 Å². The van der Waals surface area contributed by atoms with Crippen LogP contribution in [0.5, 0.6) is 0 Å². The predicted molar refractivity (Wildman–Crippen MR) is 116 cm³/mol. The first-order valence-corrected chi connectivity index (χ1v) is 9.17. The molecule has 1 unspecified atom stereocenters. The lowest BCUT2D eigenvalue weighted by molar-refractivity contribution is -0.128. The minimum absolute atomic E-state index is 0. The normalized spacial score (nSPS) is 14.2. The van der Waals surface area contributed by atoms with Crippen molar-refractivity contribution in [1.29, 1.82) is 0 Å². The SMILES string of the molecule is CCNC(=O)C(C)(C)CN=C(NCC)NCC(C)(O)c1cccs1.I. The van der Waals surface area contributed by atoms with Crippen LogP contribution < -0.4 is 16.0 Å². The second kappa shape index (κ2) is 11.0. The molecule has 25 heavy (non-hydrogen) atoms. The lowest BCUT2D eigenvalue weighted by Crippen LogP contribution is -2.45. The fourth-order valence-corrected chi connectivity index (χ4v) is 2.80. The number of carbonyl (C=O) groups excluding carboxylic acids is 1. The molecule has 0 aliphatic carbocycles. The number of hydrogen-bond donors (Lipinski definition) is 4. The Morgan fingerprint density at radius 3 is 2.36 bits per heavy atom. The van der Waals surface area contributed by atoms with E-state index in [1.807, 2.05) is 45.2 Å². The van der Waals surface area contributed by atoms with Crippen molar-refractivity contribution in [2.24, 2.45) is 10.4 Å². The summed E-state index contributed by atoms with van der Waals surface area (Å²) in [5.74, 6) is 0.571. The number of nitrogens with one attached hydrogen (secondary N) is 3. The van der Waals surface area contributed by atoms with E-state index in [4.69, 9.17) is 0 Å². The smallest absolute Gasteiger partial charge is 0.227 e. The summed E-state index contributed by atoms with van der Waals surface area (Å²) in [6.45, 7) is 11.4. The number of amides is 1. The molecule has 4 N–H and O–H groups in total. The summed E-state index contributed by atoms with van der Waals surface area (Å²) in [4.78, 5) is 17.4. The molecule has 1 aromatic rings. The van der Waals surface area contributed by atoms with Crippen LogP contribution in [-0.2, 0) is 10.4 Å². The first-order valence-electron chi connectivity index (χ1n) is 8.29. The fourth-order valence-electron chi connectivity index (χ4n) is 2.02. The maximum absolute atomic E-state index is 12.0. The molecule has 0 spiro atoms. The number of halogens is 1. The lowest BCUT2D eigenvalue weighted by Gasteiger charge is -2.25. The molecule has 1 aromatic heterocycles. The van der Waals surface area contributed by atoms with Gasteiger partial charge in [0.15, 0.2) is 5.96 Å². The van der Waals surface area contributed by atoms with E-state index in [0.717, 1.165) is 4.88 Å². The molecule has 0 aliphatic heterocycles. The highest BCUT2D eigenvalue weighted by Crippen LogP contribution is 2.24. The zero-order valence-corrected chi connectivity index (χ0v) is 18.8. The average molecular weight is 482 g/mol. The van der Waals surface area contributed by atoms with Crippen LogP contribution in [-0.4, -0.2) is 43.2 Å². The number of hydrogen-bond acceptors (Lipinski definition) is 4. The van der Waals surface area contributed by atoms with Crippen LogP contribution in [0.2, 0.25) is 0 Å². The minimum Gasteiger partial charge on any atom is -0.383 e. The van der Waals surface area contributed by atoms with Gasteiger partial charge in [0.25, 0.3) is 0 Å². The zero-order valence-electron chi connectivity index (χ0n) is 15.7. The maximum Gasteiger partial charge on any atom is 0.227 e. The molecule has 8 heteroatoms. The molecule has 0 radical (unpaired) electrons. The van der Waals surface area contributed by atoms with Crippen LogP contribution in [0, 0.1) is 5.41 Å². The van der Waals surface area contributed by atoms with Crippen LogP contribution in [0.25, 0.3) is 0 Å². The Kier molecular flexibility index (Phi) is 10.6. The predicted octanol–water partition coefficient (Wildman–Crippen LogP) is 2.29. The van der Waals surface area contributed by atoms with Gasteiger partial charge in [0, 0.05) is 18.0 Å². The molecule has 1 rings (SSSR count). The van der Waals surface area contributed by atoms with Gasteiger partial charge in [-0.1, -0.05) is 6.07 Å². The largest absolute Gasteiger partial charge is 0.383 e. The Morgan fingerprint density at radius 1 is 1.20 bits per heavy atom. The zero-order chi connectivity index (χ0) is 18.2. The first-order chi connectivity index (χ1) is 11.2. The number of nitrogens with zero attached hydrogens (tertiary/aromatic N) is 1. The van der Waals surface area contributed by atoms with Gasteiger partial charge in [-0.3, -0.25) is 9.79 Å². The Balaban J connectivity index is 0.00000576. The quantitative estimate of drug-likeness (QED) is 0.260. The monoisotopic (exact) mass is 482 g/mol. The summed E-state index contributed by atoms with van der Waals surface area (Å²) in [5, 5.41) is 21.7. The van der Waals surface area contributed by atoms with Crippen molar-refractivity contribution >= 4 is 47.2 Å². The highest BCUT2D eigenvalue weighted by atomic mass is 127. The third kappa shape index (κ3) is 7.91. The highest BCUT2D eigenvalue weighted by molar-refractivity contribution is 14.0. The van der Waals surface area contributed by atoms with Gasteiger partial charge < -0.3 is 21.1 Å². The third-order valence-electron chi connectivity index (χ3n) is 3.58. The van der Waals surface area contributed by atoms with Gasteiger partial charge in [-0.15, -0.1) is 35.3 Å².